The highest BCUT2D eigenvalue weighted by Crippen LogP contribution is 2.43. The molecule has 0 aromatic heterocycles. The largest absolute Gasteiger partial charge is 0.488 e. The Hall–Kier alpha value is -8.16. The predicted octanol–water partition coefficient (Wildman–Crippen LogP) is 4.78. The minimum Gasteiger partial charge on any atom is -0.488 e. The van der Waals surface area contributed by atoms with E-state index in [1.807, 2.05) is 86.2 Å². The van der Waals surface area contributed by atoms with Gasteiger partial charge in [0.1, 0.15) is 76.3 Å². The SMILES string of the molecule is CCOC(=O)CN(CC(=O)OCC)c1ccc(-c2c3ccc(=[N+](C)C)cc-3oc3cc(N(C)C)ccc23)cc1OCCOc1ccc(CC(=O)ON2C(=O)CCC2=O)cc1N(CC(=O)OCC)CC(=O)OCC. The van der Waals surface area contributed by atoms with Gasteiger partial charge in [0, 0.05) is 61.3 Å². The average molecular weight is 1010 g/mol. The van der Waals surface area contributed by atoms with Crippen molar-refractivity contribution in [2.45, 2.75) is 47.0 Å². The number of imide groups is 1. The molecule has 0 atom stereocenters. The van der Waals surface area contributed by atoms with Crippen LogP contribution in [0.25, 0.3) is 33.4 Å². The van der Waals surface area contributed by atoms with Gasteiger partial charge in [-0.3, -0.25) is 28.8 Å². The average Bonchev–Trinajstić information content (AvgIpc) is 3.66. The van der Waals surface area contributed by atoms with Gasteiger partial charge in [-0.25, -0.2) is 9.37 Å². The Morgan fingerprint density at radius 3 is 1.73 bits per heavy atom. The van der Waals surface area contributed by atoms with Crippen LogP contribution in [0.4, 0.5) is 17.1 Å². The molecule has 1 saturated heterocycles. The Morgan fingerprint density at radius 2 is 1.18 bits per heavy atom. The predicted molar refractivity (Wildman–Crippen MR) is 269 cm³/mol. The molecule has 2 heterocycles. The van der Waals surface area contributed by atoms with Crippen LogP contribution in [0.1, 0.15) is 46.1 Å². The topological polar surface area (TPSA) is 213 Å². The lowest BCUT2D eigenvalue weighted by Crippen LogP contribution is -2.37. The lowest BCUT2D eigenvalue weighted by Gasteiger charge is -2.27. The first-order chi connectivity index (χ1) is 35.0. The number of esters is 4. The van der Waals surface area contributed by atoms with Crippen molar-refractivity contribution in [3.05, 3.63) is 83.7 Å². The minimum absolute atomic E-state index is 0.0631. The molecule has 6 rings (SSSR count). The normalized spacial score (nSPS) is 12.1. The zero-order valence-corrected chi connectivity index (χ0v) is 42.5. The highest BCUT2D eigenvalue weighted by Gasteiger charge is 2.33. The van der Waals surface area contributed by atoms with Crippen LogP contribution in [-0.2, 0) is 63.8 Å². The standard InChI is InChI=1S/C53H62N5O15/c1-9-66-49(62)30-56(31-50(63)67-10-2)40-19-14-35(53-38-17-15-36(54(5)6)28-43(38)72-44-29-37(55(7)8)16-18-39(44)53)27-45(40)71-24-23-70-42-20-13-34(26-48(61)73-58-46(59)21-22-47(58)60)25-41(42)57(32-51(64)68-11-3)33-52(65)69-12-4/h13-20,25,27-29H,9-12,21-24,26,30-33H2,1-8H3/q+1. The summed E-state index contributed by atoms with van der Waals surface area (Å²) in [5, 5.41) is 2.19. The summed E-state index contributed by atoms with van der Waals surface area (Å²) in [5.74, 6) is -3.62. The Morgan fingerprint density at radius 1 is 0.616 bits per heavy atom. The van der Waals surface area contributed by atoms with Crippen molar-refractivity contribution < 1.29 is 71.2 Å². The zero-order chi connectivity index (χ0) is 52.8. The maximum atomic E-state index is 13.1. The number of hydrogen-bond donors (Lipinski definition) is 0. The van der Waals surface area contributed by atoms with E-state index in [0.29, 0.717) is 27.7 Å². The molecule has 0 saturated carbocycles. The number of nitrogens with zero attached hydrogens (tertiary/aromatic N) is 5. The Bertz CT molecular complexity index is 2830. The van der Waals surface area contributed by atoms with Gasteiger partial charge in [0.15, 0.2) is 0 Å². The third-order valence-corrected chi connectivity index (χ3v) is 11.3. The summed E-state index contributed by atoms with van der Waals surface area (Å²) in [4.78, 5) is 99.5. The fraction of sp³-hybridized carbons (Fsp3) is 0.396. The molecule has 2 aliphatic heterocycles. The number of anilines is 3. The fourth-order valence-corrected chi connectivity index (χ4v) is 7.99. The van der Waals surface area contributed by atoms with Gasteiger partial charge < -0.3 is 52.4 Å². The van der Waals surface area contributed by atoms with E-state index in [1.165, 1.54) is 21.9 Å². The van der Waals surface area contributed by atoms with Crippen LogP contribution in [0.5, 0.6) is 11.5 Å². The lowest BCUT2D eigenvalue weighted by atomic mass is 9.93. The number of hydrogen-bond acceptors (Lipinski definition) is 18. The van der Waals surface area contributed by atoms with E-state index in [4.69, 9.17) is 37.7 Å². The van der Waals surface area contributed by atoms with Crippen LogP contribution in [0.15, 0.2) is 77.2 Å². The molecule has 3 aliphatic rings. The van der Waals surface area contributed by atoms with E-state index >= 15 is 0 Å². The molecular formula is C53H62N5O15+. The number of rotatable bonds is 24. The quantitative estimate of drug-likeness (QED) is 0.0203. The minimum atomic E-state index is -0.903. The zero-order valence-electron chi connectivity index (χ0n) is 42.5. The third kappa shape index (κ3) is 14.0. The fourth-order valence-electron chi connectivity index (χ4n) is 7.99. The Balaban J connectivity index is 1.41. The summed E-state index contributed by atoms with van der Waals surface area (Å²) >= 11 is 0. The number of fused-ring (bicyclic) bond motifs is 2. The van der Waals surface area contributed by atoms with Gasteiger partial charge in [-0.05, 0) is 81.3 Å². The van der Waals surface area contributed by atoms with Crippen molar-refractivity contribution in [1.82, 2.24) is 9.64 Å². The first-order valence-electron chi connectivity index (χ1n) is 23.9. The lowest BCUT2D eigenvalue weighted by molar-refractivity contribution is -0.197. The summed E-state index contributed by atoms with van der Waals surface area (Å²) in [6, 6.07) is 22.0. The molecule has 1 aliphatic carbocycles. The van der Waals surface area contributed by atoms with Gasteiger partial charge in [0.05, 0.1) is 50.3 Å². The molecule has 3 aromatic rings. The number of hydroxylamine groups is 2. The van der Waals surface area contributed by atoms with Gasteiger partial charge in [0.25, 0.3) is 11.8 Å². The molecule has 388 valence electrons. The van der Waals surface area contributed by atoms with Crippen molar-refractivity contribution in [1.29, 1.82) is 0 Å². The summed E-state index contributed by atoms with van der Waals surface area (Å²) < 4.78 is 42.5. The first kappa shape index (κ1) is 54.2. The summed E-state index contributed by atoms with van der Waals surface area (Å²) in [6.45, 7) is 5.25. The molecule has 0 unspecified atom stereocenters. The van der Waals surface area contributed by atoms with Crippen LogP contribution in [0.3, 0.4) is 0 Å². The van der Waals surface area contributed by atoms with Crippen LogP contribution in [-0.4, -0.2) is 141 Å². The van der Waals surface area contributed by atoms with E-state index in [2.05, 4.69) is 0 Å². The van der Waals surface area contributed by atoms with E-state index in [9.17, 15) is 33.6 Å². The molecular weight excluding hydrogens is 947 g/mol. The Labute approximate surface area is 422 Å². The van der Waals surface area contributed by atoms with Gasteiger partial charge >= 0.3 is 29.8 Å². The smallest absolute Gasteiger partial charge is 0.337 e. The molecule has 0 bridgehead atoms. The van der Waals surface area contributed by atoms with E-state index < -0.39 is 61.2 Å². The van der Waals surface area contributed by atoms with Gasteiger partial charge in [0.2, 0.25) is 5.36 Å². The van der Waals surface area contributed by atoms with Crippen molar-refractivity contribution in [3.8, 4) is 33.9 Å². The highest BCUT2D eigenvalue weighted by molar-refractivity contribution is 6.03. The number of benzene rings is 4. The van der Waals surface area contributed by atoms with Crippen molar-refractivity contribution in [3.63, 3.8) is 0 Å². The van der Waals surface area contributed by atoms with Crippen LogP contribution in [0, 0.1) is 0 Å². The molecule has 0 spiro atoms. The van der Waals surface area contributed by atoms with E-state index in [-0.39, 0.29) is 82.8 Å². The number of carbonyl (C=O) groups is 7. The Kier molecular flexibility index (Phi) is 18.8. The highest BCUT2D eigenvalue weighted by atomic mass is 16.7. The van der Waals surface area contributed by atoms with Gasteiger partial charge in [-0.2, -0.15) is 0 Å². The maximum absolute atomic E-state index is 13.1. The van der Waals surface area contributed by atoms with Gasteiger partial charge in [-0.15, -0.1) is 5.06 Å². The molecule has 3 aromatic carbocycles. The first-order valence-corrected chi connectivity index (χ1v) is 23.9. The van der Waals surface area contributed by atoms with Crippen LogP contribution in [0.2, 0.25) is 0 Å². The molecule has 0 radical (unpaired) electrons. The maximum Gasteiger partial charge on any atom is 0.337 e. The molecule has 0 N–H and O–H groups in total. The molecule has 1 fully saturated rings. The number of ether oxygens (including phenoxy) is 6. The molecule has 2 amide bonds. The molecule has 20 heteroatoms. The second kappa shape index (κ2) is 25.3. The molecule has 20 nitrogen and oxygen atoms in total. The van der Waals surface area contributed by atoms with Crippen molar-refractivity contribution in [2.24, 2.45) is 0 Å². The van der Waals surface area contributed by atoms with E-state index in [0.717, 1.165) is 33.1 Å². The number of carbonyl (C=O) groups excluding carboxylic acids is 7. The second-order valence-corrected chi connectivity index (χ2v) is 17.0. The summed E-state index contributed by atoms with van der Waals surface area (Å²) in [5.41, 5.74) is 4.81. The number of amides is 2. The van der Waals surface area contributed by atoms with Crippen molar-refractivity contribution >= 4 is 69.7 Å². The van der Waals surface area contributed by atoms with Crippen LogP contribution < -0.4 is 34.1 Å². The summed E-state index contributed by atoms with van der Waals surface area (Å²) in [7, 11) is 7.78. The van der Waals surface area contributed by atoms with Crippen molar-refractivity contribution in [2.75, 3.05) is 109 Å². The second-order valence-electron chi connectivity index (χ2n) is 17.0. The van der Waals surface area contributed by atoms with Crippen LogP contribution >= 0.6 is 0 Å². The summed E-state index contributed by atoms with van der Waals surface area (Å²) in [6.07, 6.45) is -0.563. The van der Waals surface area contributed by atoms with Gasteiger partial charge in [-0.1, -0.05) is 12.1 Å². The van der Waals surface area contributed by atoms with E-state index in [1.54, 1.807) is 39.8 Å². The molecule has 73 heavy (non-hydrogen) atoms. The third-order valence-electron chi connectivity index (χ3n) is 11.3. The monoisotopic (exact) mass is 1010 g/mol.